The molecule has 0 saturated heterocycles. The average Bonchev–Trinajstić information content (AvgIpc) is 2.93. The molecule has 0 fully saturated rings. The highest BCUT2D eigenvalue weighted by molar-refractivity contribution is 5.81. The molecule has 6 nitrogen and oxygen atoms in total. The number of nitrogen functional groups attached to an aromatic ring is 2. The van der Waals surface area contributed by atoms with Crippen LogP contribution in [-0.4, -0.2) is 19.5 Å². The highest BCUT2D eigenvalue weighted by Gasteiger charge is 2.19. The zero-order valence-electron chi connectivity index (χ0n) is 13.3. The summed E-state index contributed by atoms with van der Waals surface area (Å²) >= 11 is 0. The van der Waals surface area contributed by atoms with Gasteiger partial charge in [0.2, 0.25) is 5.95 Å². The van der Waals surface area contributed by atoms with Crippen molar-refractivity contribution in [1.82, 2.24) is 19.5 Å². The van der Waals surface area contributed by atoms with Crippen molar-refractivity contribution in [2.24, 2.45) is 0 Å². The van der Waals surface area contributed by atoms with Gasteiger partial charge in [0.25, 0.3) is 0 Å². The Morgan fingerprint density at radius 1 is 1.17 bits per heavy atom. The first-order valence-corrected chi connectivity index (χ1v) is 7.46. The predicted octanol–water partition coefficient (Wildman–Crippen LogP) is 3.31. The van der Waals surface area contributed by atoms with Gasteiger partial charge in [-0.3, -0.25) is 4.57 Å². The maximum Gasteiger partial charge on any atom is 0.220 e. The number of nitrogens with zero attached hydrogens (tertiary/aromatic N) is 4. The summed E-state index contributed by atoms with van der Waals surface area (Å²) in [6, 6.07) is 9.36. The second-order valence-electron chi connectivity index (χ2n) is 5.15. The Labute approximate surface area is 140 Å². The van der Waals surface area contributed by atoms with Crippen molar-refractivity contribution in [2.75, 3.05) is 11.5 Å². The Hall–Kier alpha value is -3.41. The molecule has 2 heterocycles. The summed E-state index contributed by atoms with van der Waals surface area (Å²) in [4.78, 5) is 13.0. The lowest BCUT2D eigenvalue weighted by molar-refractivity contribution is 1.09. The normalized spacial score (nSPS) is 11.0. The molecular weight excluding hydrogens is 300 g/mol. The number of allylic oxidation sites excluding steroid dienone is 1. The fourth-order valence-corrected chi connectivity index (χ4v) is 2.54. The number of benzene rings is 1. The van der Waals surface area contributed by atoms with Crippen LogP contribution in [0.4, 0.5) is 11.6 Å². The number of hydrogen-bond acceptors (Lipinski definition) is 5. The van der Waals surface area contributed by atoms with E-state index >= 15 is 0 Å². The van der Waals surface area contributed by atoms with Crippen molar-refractivity contribution >= 4 is 23.9 Å². The van der Waals surface area contributed by atoms with Crippen molar-refractivity contribution in [1.29, 1.82) is 0 Å². The largest absolute Gasteiger partial charge is 0.399 e. The van der Waals surface area contributed by atoms with Gasteiger partial charge in [0, 0.05) is 23.6 Å². The molecule has 0 radical (unpaired) electrons. The average molecular weight is 318 g/mol. The van der Waals surface area contributed by atoms with E-state index in [-0.39, 0.29) is 5.95 Å². The first-order valence-electron chi connectivity index (χ1n) is 7.46. The molecule has 0 bridgehead atoms. The van der Waals surface area contributed by atoms with Crippen LogP contribution in [0.5, 0.6) is 0 Å². The van der Waals surface area contributed by atoms with Crippen molar-refractivity contribution in [3.63, 3.8) is 0 Å². The second kappa shape index (κ2) is 6.37. The van der Waals surface area contributed by atoms with E-state index in [1.54, 1.807) is 18.5 Å². The van der Waals surface area contributed by atoms with Gasteiger partial charge >= 0.3 is 0 Å². The monoisotopic (exact) mass is 318 g/mol. The molecule has 0 unspecified atom stereocenters. The Bertz CT molecular complexity index is 923. The minimum Gasteiger partial charge on any atom is -0.399 e. The molecule has 0 spiro atoms. The Balaban J connectivity index is 2.34. The minimum absolute atomic E-state index is 0.204. The maximum absolute atomic E-state index is 5.93. The number of imidazole rings is 1. The Morgan fingerprint density at radius 2 is 2.00 bits per heavy atom. The molecule has 1 aromatic carbocycles. The fraction of sp³-hybridized carbons (Fsp3) is 0.0556. The smallest absolute Gasteiger partial charge is 0.220 e. The van der Waals surface area contributed by atoms with Crippen molar-refractivity contribution in [2.45, 2.75) is 6.92 Å². The molecule has 0 aliphatic carbocycles. The quantitative estimate of drug-likeness (QED) is 0.720. The second-order valence-corrected chi connectivity index (χ2v) is 5.15. The SMILES string of the molecule is C=Cn1c(/C=C\C)nc(-c2cccc(N)c2)c1-c1ccnc(N)n1. The lowest BCUT2D eigenvalue weighted by Gasteiger charge is -2.07. The highest BCUT2D eigenvalue weighted by Crippen LogP contribution is 2.33. The van der Waals surface area contributed by atoms with E-state index in [4.69, 9.17) is 16.5 Å². The molecule has 0 atom stereocenters. The van der Waals surface area contributed by atoms with Crippen LogP contribution in [0.3, 0.4) is 0 Å². The lowest BCUT2D eigenvalue weighted by atomic mass is 10.1. The van der Waals surface area contributed by atoms with Crippen LogP contribution in [0.2, 0.25) is 0 Å². The van der Waals surface area contributed by atoms with Crippen LogP contribution in [-0.2, 0) is 0 Å². The summed E-state index contributed by atoms with van der Waals surface area (Å²) < 4.78 is 1.88. The first kappa shape index (κ1) is 15.5. The number of aromatic nitrogens is 4. The highest BCUT2D eigenvalue weighted by atomic mass is 15.1. The molecule has 24 heavy (non-hydrogen) atoms. The third kappa shape index (κ3) is 2.77. The Kier molecular flexibility index (Phi) is 4.11. The first-order chi connectivity index (χ1) is 11.6. The Morgan fingerprint density at radius 3 is 2.67 bits per heavy atom. The summed E-state index contributed by atoms with van der Waals surface area (Å²) in [5.74, 6) is 0.951. The van der Waals surface area contributed by atoms with Gasteiger partial charge in [-0.25, -0.2) is 15.0 Å². The van der Waals surface area contributed by atoms with Gasteiger partial charge in [-0.1, -0.05) is 24.8 Å². The third-order valence-corrected chi connectivity index (χ3v) is 3.51. The van der Waals surface area contributed by atoms with Crippen molar-refractivity contribution in [3.8, 4) is 22.6 Å². The standard InChI is InChI=1S/C18H18N6/c1-3-6-15-23-16(12-7-5-8-13(19)11-12)17(24(15)4-2)14-9-10-21-18(20)22-14/h3-11H,2,19H2,1H3,(H2,20,21,22)/b6-3-. The van der Waals surface area contributed by atoms with E-state index in [1.165, 1.54) is 0 Å². The lowest BCUT2D eigenvalue weighted by Crippen LogP contribution is -1.99. The molecular formula is C18H18N6. The van der Waals surface area contributed by atoms with E-state index in [1.807, 2.05) is 47.9 Å². The maximum atomic E-state index is 5.93. The van der Waals surface area contributed by atoms with Gasteiger partial charge in [0.1, 0.15) is 5.82 Å². The number of nitrogens with two attached hydrogens (primary N) is 2. The summed E-state index contributed by atoms with van der Waals surface area (Å²) in [6.45, 7) is 5.83. The molecule has 6 heteroatoms. The van der Waals surface area contributed by atoms with Crippen LogP contribution >= 0.6 is 0 Å². The van der Waals surface area contributed by atoms with Gasteiger partial charge in [0.05, 0.1) is 17.1 Å². The number of rotatable bonds is 4. The van der Waals surface area contributed by atoms with Crippen LogP contribution < -0.4 is 11.5 Å². The number of hydrogen-bond donors (Lipinski definition) is 2. The van der Waals surface area contributed by atoms with Gasteiger partial charge in [0.15, 0.2) is 0 Å². The van der Waals surface area contributed by atoms with E-state index < -0.39 is 0 Å². The molecule has 2 aromatic heterocycles. The molecule has 120 valence electrons. The fourth-order valence-electron chi connectivity index (χ4n) is 2.54. The van der Waals surface area contributed by atoms with Crippen LogP contribution in [0, 0.1) is 0 Å². The van der Waals surface area contributed by atoms with Gasteiger partial charge in [-0.2, -0.15) is 0 Å². The van der Waals surface area contributed by atoms with E-state index in [2.05, 4.69) is 16.5 Å². The van der Waals surface area contributed by atoms with Gasteiger partial charge in [-0.05, 0) is 31.2 Å². The molecule has 0 aliphatic rings. The molecule has 0 amide bonds. The van der Waals surface area contributed by atoms with E-state index in [9.17, 15) is 0 Å². The third-order valence-electron chi connectivity index (χ3n) is 3.51. The van der Waals surface area contributed by atoms with Crippen LogP contribution in [0.15, 0.2) is 49.2 Å². The minimum atomic E-state index is 0.204. The summed E-state index contributed by atoms with van der Waals surface area (Å²) in [6.07, 6.45) is 7.15. The molecule has 0 aliphatic heterocycles. The molecule has 4 N–H and O–H groups in total. The van der Waals surface area contributed by atoms with Gasteiger partial charge in [-0.15, -0.1) is 0 Å². The summed E-state index contributed by atoms with van der Waals surface area (Å²) in [7, 11) is 0. The van der Waals surface area contributed by atoms with E-state index in [0.29, 0.717) is 11.4 Å². The molecule has 0 saturated carbocycles. The summed E-state index contributed by atoms with van der Waals surface area (Å²) in [5.41, 5.74) is 15.5. The van der Waals surface area contributed by atoms with Crippen LogP contribution in [0.1, 0.15) is 12.7 Å². The molecule has 3 aromatic rings. The van der Waals surface area contributed by atoms with Gasteiger partial charge < -0.3 is 11.5 Å². The summed E-state index contributed by atoms with van der Waals surface area (Å²) in [5, 5.41) is 0. The zero-order chi connectivity index (χ0) is 17.1. The zero-order valence-corrected chi connectivity index (χ0v) is 13.3. The molecule has 3 rings (SSSR count). The number of anilines is 2. The topological polar surface area (TPSA) is 95.6 Å². The van der Waals surface area contributed by atoms with E-state index in [0.717, 1.165) is 22.8 Å². The predicted molar refractivity (Wildman–Crippen MR) is 98.6 cm³/mol. The van der Waals surface area contributed by atoms with Crippen molar-refractivity contribution < 1.29 is 0 Å². The van der Waals surface area contributed by atoms with Crippen molar-refractivity contribution in [3.05, 3.63) is 55.0 Å². The van der Waals surface area contributed by atoms with Crippen LogP contribution in [0.25, 0.3) is 34.9 Å².